The van der Waals surface area contributed by atoms with Crippen LogP contribution in [-0.2, 0) is 4.74 Å². The zero-order valence-electron chi connectivity index (χ0n) is 8.53. The smallest absolute Gasteiger partial charge is 0.135 e. The average Bonchev–Trinajstić information content (AvgIpc) is 2.34. The van der Waals surface area contributed by atoms with Crippen molar-refractivity contribution in [2.45, 2.75) is 13.8 Å². The van der Waals surface area contributed by atoms with Crippen molar-refractivity contribution in [3.05, 3.63) is 60.0 Å². The maximum Gasteiger partial charge on any atom is 0.135 e. The van der Waals surface area contributed by atoms with E-state index in [1.54, 1.807) is 6.26 Å². The van der Waals surface area contributed by atoms with E-state index in [1.165, 1.54) is 0 Å². The standard InChI is InChI=1S/C11H8O.C2H6/c1-2-6-10(7-3-1)11-8-4-5-9-12-11;1-2/h1-4,6-9H;1-2H3. The van der Waals surface area contributed by atoms with E-state index in [9.17, 15) is 0 Å². The van der Waals surface area contributed by atoms with Gasteiger partial charge in [-0.1, -0.05) is 49.9 Å². The Morgan fingerprint density at radius 1 is 1.07 bits per heavy atom. The Balaban J connectivity index is 0.000000461. The van der Waals surface area contributed by atoms with Crippen LogP contribution in [-0.4, -0.2) is 0 Å². The van der Waals surface area contributed by atoms with Gasteiger partial charge >= 0.3 is 0 Å². The summed E-state index contributed by atoms with van der Waals surface area (Å²) >= 11 is 0. The quantitative estimate of drug-likeness (QED) is 0.607. The molecule has 1 aromatic carbocycles. The molecule has 0 spiro atoms. The van der Waals surface area contributed by atoms with E-state index in [4.69, 9.17) is 4.74 Å². The third-order valence-corrected chi connectivity index (χ3v) is 1.64. The second kappa shape index (κ2) is 5.85. The van der Waals surface area contributed by atoms with Gasteiger partial charge in [-0.25, -0.2) is 0 Å². The third kappa shape index (κ3) is 2.65. The summed E-state index contributed by atoms with van der Waals surface area (Å²) in [5, 5.41) is 0. The lowest BCUT2D eigenvalue weighted by molar-refractivity contribution is 0.435. The molecule has 1 heterocycles. The van der Waals surface area contributed by atoms with Crippen LogP contribution >= 0.6 is 0 Å². The summed E-state index contributed by atoms with van der Waals surface area (Å²) in [6.07, 6.45) is 5.30. The Morgan fingerprint density at radius 3 is 2.36 bits per heavy atom. The van der Waals surface area contributed by atoms with Gasteiger partial charge in [0.15, 0.2) is 0 Å². The minimum atomic E-state index is 0.870. The predicted octanol–water partition coefficient (Wildman–Crippen LogP) is 3.75. The predicted molar refractivity (Wildman–Crippen MR) is 59.5 cm³/mol. The molecular weight excluding hydrogens is 172 g/mol. The fourth-order valence-corrected chi connectivity index (χ4v) is 1.07. The van der Waals surface area contributed by atoms with Crippen LogP contribution in [0.25, 0.3) is 5.76 Å². The van der Waals surface area contributed by atoms with Crippen molar-refractivity contribution < 1.29 is 4.74 Å². The van der Waals surface area contributed by atoms with Crippen LogP contribution in [0.4, 0.5) is 0 Å². The molecule has 1 aromatic rings. The number of benzene rings is 1. The Hall–Kier alpha value is -1.72. The van der Waals surface area contributed by atoms with Crippen molar-refractivity contribution >= 4 is 5.76 Å². The first-order valence-electron chi connectivity index (χ1n) is 4.80. The first-order valence-corrected chi connectivity index (χ1v) is 4.80. The second-order valence-electron chi connectivity index (χ2n) is 2.47. The summed E-state index contributed by atoms with van der Waals surface area (Å²) in [7, 11) is 0. The summed E-state index contributed by atoms with van der Waals surface area (Å²) in [6.45, 7) is 4.00. The van der Waals surface area contributed by atoms with Crippen molar-refractivity contribution in [1.82, 2.24) is 0 Å². The van der Waals surface area contributed by atoms with Crippen LogP contribution in [0.2, 0.25) is 0 Å². The van der Waals surface area contributed by atoms with Gasteiger partial charge in [-0.2, -0.15) is 0 Å². The SMILES string of the molecule is C1=CC=C(c2ccccc2)OC=1.CC. The molecule has 2 rings (SSSR count). The molecule has 72 valence electrons. The Labute approximate surface area is 85.0 Å². The van der Waals surface area contributed by atoms with E-state index in [-0.39, 0.29) is 0 Å². The lowest BCUT2D eigenvalue weighted by Gasteiger charge is -2.05. The molecule has 14 heavy (non-hydrogen) atoms. The fraction of sp³-hybridized carbons (Fsp3) is 0.154. The number of hydrogen-bond donors (Lipinski definition) is 0. The number of rotatable bonds is 1. The van der Waals surface area contributed by atoms with Gasteiger partial charge in [0.1, 0.15) is 12.0 Å². The highest BCUT2D eigenvalue weighted by Crippen LogP contribution is 2.17. The van der Waals surface area contributed by atoms with Gasteiger partial charge in [0.25, 0.3) is 0 Å². The molecule has 0 aromatic heterocycles. The molecule has 0 atom stereocenters. The van der Waals surface area contributed by atoms with Crippen molar-refractivity contribution in [3.63, 3.8) is 0 Å². The molecule has 0 fully saturated rings. The van der Waals surface area contributed by atoms with E-state index in [2.05, 4.69) is 5.73 Å². The third-order valence-electron chi connectivity index (χ3n) is 1.64. The first-order chi connectivity index (χ1) is 6.97. The van der Waals surface area contributed by atoms with Crippen molar-refractivity contribution in [2.24, 2.45) is 0 Å². The molecule has 0 aliphatic carbocycles. The van der Waals surface area contributed by atoms with Gasteiger partial charge in [-0.15, -0.1) is 0 Å². The second-order valence-corrected chi connectivity index (χ2v) is 2.47. The lowest BCUT2D eigenvalue weighted by atomic mass is 10.2. The highest BCUT2D eigenvalue weighted by molar-refractivity contribution is 5.62. The molecule has 1 nitrogen and oxygen atoms in total. The van der Waals surface area contributed by atoms with Crippen molar-refractivity contribution in [2.75, 3.05) is 0 Å². The molecule has 0 saturated heterocycles. The minimum absolute atomic E-state index is 0.870. The van der Waals surface area contributed by atoms with E-state index in [1.807, 2.05) is 56.3 Å². The van der Waals surface area contributed by atoms with Gasteiger partial charge in [-0.3, -0.25) is 0 Å². The number of allylic oxidation sites excluding steroid dienone is 2. The van der Waals surface area contributed by atoms with Crippen LogP contribution in [0.3, 0.4) is 0 Å². The van der Waals surface area contributed by atoms with E-state index in [0.717, 1.165) is 11.3 Å². The summed E-state index contributed by atoms with van der Waals surface area (Å²) in [4.78, 5) is 0. The highest BCUT2D eigenvalue weighted by atomic mass is 16.5. The van der Waals surface area contributed by atoms with Gasteiger partial charge in [0.05, 0.1) is 0 Å². The van der Waals surface area contributed by atoms with Crippen LogP contribution < -0.4 is 0 Å². The molecular formula is C13H14O. The maximum absolute atomic E-state index is 5.26. The number of hydrogen-bond acceptors (Lipinski definition) is 1. The van der Waals surface area contributed by atoms with Crippen LogP contribution in [0.15, 0.2) is 54.5 Å². The van der Waals surface area contributed by atoms with Crippen LogP contribution in [0.1, 0.15) is 19.4 Å². The fourth-order valence-electron chi connectivity index (χ4n) is 1.07. The zero-order valence-corrected chi connectivity index (χ0v) is 8.53. The summed E-state index contributed by atoms with van der Waals surface area (Å²) in [5.41, 5.74) is 3.93. The molecule has 0 bridgehead atoms. The lowest BCUT2D eigenvalue weighted by Crippen LogP contribution is -1.86. The molecule has 1 heteroatoms. The monoisotopic (exact) mass is 186 g/mol. The average molecular weight is 186 g/mol. The van der Waals surface area contributed by atoms with Gasteiger partial charge in [0.2, 0.25) is 0 Å². The molecule has 0 N–H and O–H groups in total. The Morgan fingerprint density at radius 2 is 1.79 bits per heavy atom. The zero-order chi connectivity index (χ0) is 10.2. The van der Waals surface area contributed by atoms with Gasteiger partial charge < -0.3 is 4.74 Å². The number of ether oxygens (including phenoxy) is 1. The maximum atomic E-state index is 5.26. The van der Waals surface area contributed by atoms with E-state index < -0.39 is 0 Å². The highest BCUT2D eigenvalue weighted by Gasteiger charge is 1.99. The summed E-state index contributed by atoms with van der Waals surface area (Å²) in [6, 6.07) is 9.99. The van der Waals surface area contributed by atoms with E-state index >= 15 is 0 Å². The van der Waals surface area contributed by atoms with Crippen molar-refractivity contribution in [3.8, 4) is 0 Å². The molecule has 1 aliphatic heterocycles. The minimum Gasteiger partial charge on any atom is -0.456 e. The van der Waals surface area contributed by atoms with E-state index in [0.29, 0.717) is 0 Å². The van der Waals surface area contributed by atoms with Crippen LogP contribution in [0.5, 0.6) is 0 Å². The molecule has 0 saturated carbocycles. The Kier molecular flexibility index (Phi) is 4.33. The summed E-state index contributed by atoms with van der Waals surface area (Å²) < 4.78 is 5.26. The molecule has 0 amide bonds. The normalized spacial score (nSPS) is 12.3. The largest absolute Gasteiger partial charge is 0.456 e. The topological polar surface area (TPSA) is 9.23 Å². The van der Waals surface area contributed by atoms with Crippen LogP contribution in [0, 0.1) is 0 Å². The van der Waals surface area contributed by atoms with Crippen molar-refractivity contribution in [1.29, 1.82) is 0 Å². The molecule has 1 aliphatic rings. The molecule has 0 unspecified atom stereocenters. The summed E-state index contributed by atoms with van der Waals surface area (Å²) in [5.74, 6) is 0.870. The Bertz CT molecular complexity index is 354. The van der Waals surface area contributed by atoms with Gasteiger partial charge in [-0.05, 0) is 12.2 Å². The first kappa shape index (κ1) is 10.4. The van der Waals surface area contributed by atoms with Gasteiger partial charge in [0, 0.05) is 5.56 Å². The molecule has 0 radical (unpaired) electrons.